The van der Waals surface area contributed by atoms with E-state index in [0.717, 1.165) is 50.3 Å². The lowest BCUT2D eigenvalue weighted by Crippen LogP contribution is -2.46. The predicted octanol–water partition coefficient (Wildman–Crippen LogP) is 2.80. The minimum absolute atomic E-state index is 0.0803. The number of carbonyl (C=O) groups excluding carboxylic acids is 2. The molecule has 9 heteroatoms. The molecule has 1 saturated heterocycles. The number of likely N-dealkylation sites (tertiary alicyclic amines) is 1. The third kappa shape index (κ3) is 5.79. The second-order valence-electron chi connectivity index (χ2n) is 8.54. The zero-order valence-electron chi connectivity index (χ0n) is 19.6. The van der Waals surface area contributed by atoms with E-state index in [1.54, 1.807) is 18.1 Å². The lowest BCUT2D eigenvalue weighted by Gasteiger charge is -2.37. The SMILES string of the molecule is CNC(=O)Nc1ccc(CCN(C)C2CCN(C(=O)c3ccc(-n4cncn4)cc3)CC2)cc1. The summed E-state index contributed by atoms with van der Waals surface area (Å²) in [6.07, 6.45) is 6.00. The second kappa shape index (κ2) is 10.9. The first kappa shape index (κ1) is 23.4. The van der Waals surface area contributed by atoms with Crippen LogP contribution >= 0.6 is 0 Å². The normalized spacial score (nSPS) is 14.3. The standard InChI is InChI=1S/C25H31N7O2/c1-26-25(34)29-21-7-3-19(4-8-21)11-14-30(2)22-12-15-31(16-13-22)24(33)20-5-9-23(10-6-20)32-18-27-17-28-32/h3-10,17-18,22H,11-16H2,1-2H3,(H2,26,29,34). The Bertz CT molecular complexity index is 1070. The van der Waals surface area contributed by atoms with Gasteiger partial charge < -0.3 is 20.4 Å². The van der Waals surface area contributed by atoms with Crippen molar-refractivity contribution in [3.05, 3.63) is 72.3 Å². The third-order valence-corrected chi connectivity index (χ3v) is 6.36. The van der Waals surface area contributed by atoms with Crippen molar-refractivity contribution in [2.24, 2.45) is 0 Å². The van der Waals surface area contributed by atoms with Crippen molar-refractivity contribution in [1.29, 1.82) is 0 Å². The molecular formula is C25H31N7O2. The van der Waals surface area contributed by atoms with E-state index in [-0.39, 0.29) is 11.9 Å². The number of amides is 3. The van der Waals surface area contributed by atoms with E-state index in [1.165, 1.54) is 11.9 Å². The number of aromatic nitrogens is 3. The minimum atomic E-state index is -0.221. The highest BCUT2D eigenvalue weighted by Crippen LogP contribution is 2.19. The number of carbonyl (C=O) groups is 2. The van der Waals surface area contributed by atoms with Crippen LogP contribution in [0.4, 0.5) is 10.5 Å². The van der Waals surface area contributed by atoms with Crippen LogP contribution in [-0.4, -0.2) is 76.3 Å². The van der Waals surface area contributed by atoms with Gasteiger partial charge in [-0.1, -0.05) is 12.1 Å². The summed E-state index contributed by atoms with van der Waals surface area (Å²) in [7, 11) is 3.75. The fourth-order valence-corrected chi connectivity index (χ4v) is 4.23. The Morgan fingerprint density at radius 1 is 1.06 bits per heavy atom. The van der Waals surface area contributed by atoms with Gasteiger partial charge in [-0.2, -0.15) is 5.10 Å². The summed E-state index contributed by atoms with van der Waals surface area (Å²) in [6, 6.07) is 15.7. The lowest BCUT2D eigenvalue weighted by molar-refractivity contribution is 0.0647. The van der Waals surface area contributed by atoms with Gasteiger partial charge in [0.1, 0.15) is 12.7 Å². The zero-order valence-corrected chi connectivity index (χ0v) is 19.6. The van der Waals surface area contributed by atoms with E-state index in [1.807, 2.05) is 41.3 Å². The van der Waals surface area contributed by atoms with Crippen LogP contribution in [0.1, 0.15) is 28.8 Å². The topological polar surface area (TPSA) is 95.4 Å². The smallest absolute Gasteiger partial charge is 0.318 e. The van der Waals surface area contributed by atoms with Crippen LogP contribution in [0.3, 0.4) is 0 Å². The zero-order chi connectivity index (χ0) is 23.9. The first-order chi connectivity index (χ1) is 16.5. The summed E-state index contributed by atoms with van der Waals surface area (Å²) in [6.45, 7) is 2.47. The number of hydrogen-bond acceptors (Lipinski definition) is 5. The maximum Gasteiger partial charge on any atom is 0.318 e. The average molecular weight is 462 g/mol. The molecule has 34 heavy (non-hydrogen) atoms. The van der Waals surface area contributed by atoms with Crippen molar-refractivity contribution in [3.8, 4) is 5.69 Å². The molecule has 0 radical (unpaired) electrons. The van der Waals surface area contributed by atoms with Crippen LogP contribution in [0.15, 0.2) is 61.2 Å². The van der Waals surface area contributed by atoms with Gasteiger partial charge in [0.2, 0.25) is 0 Å². The van der Waals surface area contributed by atoms with E-state index >= 15 is 0 Å². The van der Waals surface area contributed by atoms with Crippen molar-refractivity contribution in [2.45, 2.75) is 25.3 Å². The molecule has 1 aliphatic heterocycles. The molecule has 1 fully saturated rings. The highest BCUT2D eigenvalue weighted by molar-refractivity contribution is 5.94. The summed E-state index contributed by atoms with van der Waals surface area (Å²) >= 11 is 0. The Labute approximate surface area is 199 Å². The number of nitrogens with zero attached hydrogens (tertiary/aromatic N) is 5. The van der Waals surface area contributed by atoms with Crippen molar-refractivity contribution in [3.63, 3.8) is 0 Å². The molecule has 0 unspecified atom stereocenters. The molecule has 3 amide bonds. The molecule has 0 aliphatic carbocycles. The summed E-state index contributed by atoms with van der Waals surface area (Å²) in [5, 5.41) is 9.43. The van der Waals surface area contributed by atoms with Crippen LogP contribution in [0.2, 0.25) is 0 Å². The Morgan fingerprint density at radius 2 is 1.76 bits per heavy atom. The quantitative estimate of drug-likeness (QED) is 0.564. The van der Waals surface area contributed by atoms with Gasteiger partial charge in [-0.15, -0.1) is 0 Å². The van der Waals surface area contributed by atoms with Crippen molar-refractivity contribution >= 4 is 17.6 Å². The highest BCUT2D eigenvalue weighted by atomic mass is 16.2. The molecule has 4 rings (SSSR count). The summed E-state index contributed by atoms with van der Waals surface area (Å²) in [4.78, 5) is 32.6. The molecule has 0 atom stereocenters. The van der Waals surface area contributed by atoms with Gasteiger partial charge in [0.15, 0.2) is 0 Å². The second-order valence-corrected chi connectivity index (χ2v) is 8.54. The van der Waals surface area contributed by atoms with Crippen LogP contribution in [-0.2, 0) is 6.42 Å². The number of benzene rings is 2. The number of likely N-dealkylation sites (N-methyl/N-ethyl adjacent to an activating group) is 1. The van der Waals surface area contributed by atoms with E-state index < -0.39 is 0 Å². The number of rotatable bonds is 7. The molecule has 3 aromatic rings. The Morgan fingerprint density at radius 3 is 2.38 bits per heavy atom. The lowest BCUT2D eigenvalue weighted by atomic mass is 10.0. The number of nitrogens with one attached hydrogen (secondary N) is 2. The molecule has 178 valence electrons. The van der Waals surface area contributed by atoms with Crippen molar-refractivity contribution in [2.75, 3.05) is 39.0 Å². The molecule has 2 heterocycles. The van der Waals surface area contributed by atoms with Crippen LogP contribution in [0.25, 0.3) is 5.69 Å². The highest BCUT2D eigenvalue weighted by Gasteiger charge is 2.25. The van der Waals surface area contributed by atoms with Crippen LogP contribution in [0, 0.1) is 0 Å². The molecule has 0 bridgehead atoms. The molecular weight excluding hydrogens is 430 g/mol. The summed E-state index contributed by atoms with van der Waals surface area (Å²) in [5.74, 6) is 0.0803. The van der Waals surface area contributed by atoms with Crippen molar-refractivity contribution in [1.82, 2.24) is 29.9 Å². The number of piperidine rings is 1. The molecule has 0 spiro atoms. The third-order valence-electron chi connectivity index (χ3n) is 6.36. The Kier molecular flexibility index (Phi) is 7.54. The van der Waals surface area contributed by atoms with Gasteiger partial charge in [0.05, 0.1) is 5.69 Å². The number of urea groups is 1. The van der Waals surface area contributed by atoms with Gasteiger partial charge in [0.25, 0.3) is 5.91 Å². The van der Waals surface area contributed by atoms with Gasteiger partial charge in [-0.3, -0.25) is 4.79 Å². The largest absolute Gasteiger partial charge is 0.341 e. The van der Waals surface area contributed by atoms with Gasteiger partial charge in [0, 0.05) is 44.0 Å². The van der Waals surface area contributed by atoms with Crippen molar-refractivity contribution < 1.29 is 9.59 Å². The summed E-state index contributed by atoms with van der Waals surface area (Å²) in [5.41, 5.74) is 3.59. The van der Waals surface area contributed by atoms with E-state index in [4.69, 9.17) is 0 Å². The number of anilines is 1. The minimum Gasteiger partial charge on any atom is -0.341 e. The monoisotopic (exact) mass is 461 g/mol. The molecule has 9 nitrogen and oxygen atoms in total. The Balaban J connectivity index is 1.23. The summed E-state index contributed by atoms with van der Waals surface area (Å²) < 4.78 is 1.67. The Hall–Kier alpha value is -3.72. The van der Waals surface area contributed by atoms with E-state index in [0.29, 0.717) is 11.6 Å². The first-order valence-electron chi connectivity index (χ1n) is 11.6. The van der Waals surface area contributed by atoms with Crippen LogP contribution in [0.5, 0.6) is 0 Å². The first-order valence-corrected chi connectivity index (χ1v) is 11.6. The fourth-order valence-electron chi connectivity index (χ4n) is 4.23. The van der Waals surface area contributed by atoms with Gasteiger partial charge in [-0.25, -0.2) is 14.5 Å². The van der Waals surface area contributed by atoms with Gasteiger partial charge >= 0.3 is 6.03 Å². The maximum absolute atomic E-state index is 12.9. The fraction of sp³-hybridized carbons (Fsp3) is 0.360. The van der Waals surface area contributed by atoms with E-state index in [2.05, 4.69) is 44.8 Å². The van der Waals surface area contributed by atoms with Crippen LogP contribution < -0.4 is 10.6 Å². The number of hydrogen-bond donors (Lipinski definition) is 2. The molecule has 1 aliphatic rings. The average Bonchev–Trinajstić information content (AvgIpc) is 3.43. The predicted molar refractivity (Wildman–Crippen MR) is 131 cm³/mol. The molecule has 2 N–H and O–H groups in total. The maximum atomic E-state index is 12.9. The molecule has 2 aromatic carbocycles. The molecule has 1 aromatic heterocycles. The molecule has 0 saturated carbocycles. The van der Waals surface area contributed by atoms with Gasteiger partial charge in [-0.05, 0) is 68.3 Å². The van der Waals surface area contributed by atoms with E-state index in [9.17, 15) is 9.59 Å².